The summed E-state index contributed by atoms with van der Waals surface area (Å²) >= 11 is 0. The SMILES string of the molecule is Fc1cccc(Oc2c(F)cc(C(F)(F)F)cc2F)c1. The molecule has 2 aromatic rings. The molecular weight excluding hydrogens is 286 g/mol. The molecule has 0 aliphatic carbocycles. The Bertz CT molecular complexity index is 612. The number of halogens is 6. The lowest BCUT2D eigenvalue weighted by Gasteiger charge is -2.11. The fraction of sp³-hybridized carbons (Fsp3) is 0.0769. The number of hydrogen-bond acceptors (Lipinski definition) is 1. The largest absolute Gasteiger partial charge is 0.451 e. The van der Waals surface area contributed by atoms with E-state index in [2.05, 4.69) is 0 Å². The van der Waals surface area contributed by atoms with Crippen molar-refractivity contribution in [2.45, 2.75) is 6.18 Å². The standard InChI is InChI=1S/C13H6F6O/c14-8-2-1-3-9(6-8)20-12-10(15)4-7(5-11(12)16)13(17,18)19/h1-6H. The van der Waals surface area contributed by atoms with Crippen LogP contribution in [0, 0.1) is 17.5 Å². The zero-order valence-corrected chi connectivity index (χ0v) is 9.64. The van der Waals surface area contributed by atoms with E-state index in [4.69, 9.17) is 4.74 Å². The van der Waals surface area contributed by atoms with E-state index >= 15 is 0 Å². The van der Waals surface area contributed by atoms with Gasteiger partial charge in [0.15, 0.2) is 17.4 Å². The Hall–Kier alpha value is -2.18. The number of ether oxygens (including phenoxy) is 1. The van der Waals surface area contributed by atoms with Gasteiger partial charge in [-0.2, -0.15) is 13.2 Å². The fourth-order valence-corrected chi connectivity index (χ4v) is 1.47. The van der Waals surface area contributed by atoms with Crippen LogP contribution in [0.5, 0.6) is 11.5 Å². The highest BCUT2D eigenvalue weighted by Gasteiger charge is 2.33. The Morgan fingerprint density at radius 1 is 0.850 bits per heavy atom. The predicted octanol–water partition coefficient (Wildman–Crippen LogP) is 4.92. The van der Waals surface area contributed by atoms with Crippen molar-refractivity contribution in [1.82, 2.24) is 0 Å². The number of rotatable bonds is 2. The molecule has 1 nitrogen and oxygen atoms in total. The van der Waals surface area contributed by atoms with E-state index in [1.165, 1.54) is 12.1 Å². The molecule has 7 heteroatoms. The maximum Gasteiger partial charge on any atom is 0.416 e. The maximum atomic E-state index is 13.5. The molecule has 0 saturated heterocycles. The Morgan fingerprint density at radius 3 is 1.95 bits per heavy atom. The summed E-state index contributed by atoms with van der Waals surface area (Å²) in [4.78, 5) is 0. The van der Waals surface area contributed by atoms with Gasteiger partial charge in [-0.25, -0.2) is 13.2 Å². The molecule has 0 amide bonds. The zero-order chi connectivity index (χ0) is 14.9. The minimum atomic E-state index is -4.88. The molecule has 0 atom stereocenters. The van der Waals surface area contributed by atoms with Crippen LogP contribution >= 0.6 is 0 Å². The lowest BCUT2D eigenvalue weighted by atomic mass is 10.2. The minimum Gasteiger partial charge on any atom is -0.451 e. The molecule has 0 spiro atoms. The van der Waals surface area contributed by atoms with Crippen molar-refractivity contribution in [3.05, 3.63) is 59.4 Å². The maximum absolute atomic E-state index is 13.5. The Kier molecular flexibility index (Phi) is 3.61. The van der Waals surface area contributed by atoms with Gasteiger partial charge in [-0.15, -0.1) is 0 Å². The van der Waals surface area contributed by atoms with E-state index in [1.54, 1.807) is 0 Å². The highest BCUT2D eigenvalue weighted by atomic mass is 19.4. The van der Waals surface area contributed by atoms with Crippen LogP contribution in [0.3, 0.4) is 0 Å². The third-order valence-electron chi connectivity index (χ3n) is 2.34. The molecule has 0 fully saturated rings. The molecule has 0 unspecified atom stereocenters. The first-order chi connectivity index (χ1) is 9.27. The Morgan fingerprint density at radius 2 is 1.45 bits per heavy atom. The summed E-state index contributed by atoms with van der Waals surface area (Å²) in [5.74, 6) is -5.02. The third kappa shape index (κ3) is 3.04. The molecule has 2 rings (SSSR count). The zero-order valence-electron chi connectivity index (χ0n) is 9.64. The molecule has 0 aromatic heterocycles. The average molecular weight is 292 g/mol. The fourth-order valence-electron chi connectivity index (χ4n) is 1.47. The van der Waals surface area contributed by atoms with Crippen LogP contribution in [0.1, 0.15) is 5.56 Å². The van der Waals surface area contributed by atoms with Gasteiger partial charge in [-0.05, 0) is 24.3 Å². The minimum absolute atomic E-state index is 0.109. The van der Waals surface area contributed by atoms with Gasteiger partial charge in [0.2, 0.25) is 0 Å². The van der Waals surface area contributed by atoms with Crippen LogP contribution in [0.25, 0.3) is 0 Å². The highest BCUT2D eigenvalue weighted by Crippen LogP contribution is 2.35. The van der Waals surface area contributed by atoms with Crippen LogP contribution in [0.4, 0.5) is 26.3 Å². The van der Waals surface area contributed by atoms with Gasteiger partial charge < -0.3 is 4.74 Å². The molecular formula is C13H6F6O. The summed E-state index contributed by atoms with van der Waals surface area (Å²) in [7, 11) is 0. The van der Waals surface area contributed by atoms with Crippen LogP contribution in [-0.4, -0.2) is 0 Å². The van der Waals surface area contributed by atoms with E-state index in [0.717, 1.165) is 12.1 Å². The molecule has 0 aliphatic rings. The second-order valence-electron chi connectivity index (χ2n) is 3.83. The summed E-state index contributed by atoms with van der Waals surface area (Å²) in [6.45, 7) is 0. The van der Waals surface area contributed by atoms with Gasteiger partial charge >= 0.3 is 6.18 Å². The normalized spacial score (nSPS) is 11.5. The Labute approximate surface area is 109 Å². The summed E-state index contributed by atoms with van der Waals surface area (Å²) in [5.41, 5.74) is -1.47. The summed E-state index contributed by atoms with van der Waals surface area (Å²) in [5, 5.41) is 0. The molecule has 0 bridgehead atoms. The van der Waals surface area contributed by atoms with Gasteiger partial charge in [0.1, 0.15) is 11.6 Å². The molecule has 0 radical (unpaired) electrons. The first-order valence-corrected chi connectivity index (χ1v) is 5.27. The number of alkyl halides is 3. The van der Waals surface area contributed by atoms with Gasteiger partial charge in [0, 0.05) is 6.07 Å². The van der Waals surface area contributed by atoms with Crippen LogP contribution in [-0.2, 0) is 6.18 Å². The first kappa shape index (κ1) is 14.2. The van der Waals surface area contributed by atoms with Crippen LogP contribution in [0.2, 0.25) is 0 Å². The predicted molar refractivity (Wildman–Crippen MR) is 57.8 cm³/mol. The second kappa shape index (κ2) is 5.07. The second-order valence-corrected chi connectivity index (χ2v) is 3.83. The molecule has 2 aromatic carbocycles. The Balaban J connectivity index is 2.38. The van der Waals surface area contributed by atoms with E-state index in [-0.39, 0.29) is 17.9 Å². The topological polar surface area (TPSA) is 9.23 Å². The van der Waals surface area contributed by atoms with Gasteiger partial charge in [0.05, 0.1) is 5.56 Å². The van der Waals surface area contributed by atoms with Crippen molar-refractivity contribution in [1.29, 1.82) is 0 Å². The van der Waals surface area contributed by atoms with Crippen molar-refractivity contribution in [2.75, 3.05) is 0 Å². The summed E-state index contributed by atoms with van der Waals surface area (Å²) in [6, 6.07) is 4.57. The molecule has 106 valence electrons. The van der Waals surface area contributed by atoms with Crippen molar-refractivity contribution in [2.24, 2.45) is 0 Å². The quantitative estimate of drug-likeness (QED) is 0.714. The number of hydrogen-bond donors (Lipinski definition) is 0. The van der Waals surface area contributed by atoms with Crippen molar-refractivity contribution >= 4 is 0 Å². The smallest absolute Gasteiger partial charge is 0.416 e. The third-order valence-corrected chi connectivity index (χ3v) is 2.34. The van der Waals surface area contributed by atoms with E-state index in [0.29, 0.717) is 0 Å². The molecule has 0 saturated carbocycles. The highest BCUT2D eigenvalue weighted by molar-refractivity contribution is 5.36. The molecule has 0 aliphatic heterocycles. The van der Waals surface area contributed by atoms with Gasteiger partial charge in [-0.1, -0.05) is 6.07 Å². The molecule has 0 N–H and O–H groups in total. The summed E-state index contributed by atoms with van der Waals surface area (Å²) < 4.78 is 81.6. The van der Waals surface area contributed by atoms with Crippen LogP contribution < -0.4 is 4.74 Å². The van der Waals surface area contributed by atoms with Gasteiger partial charge in [-0.3, -0.25) is 0 Å². The van der Waals surface area contributed by atoms with Crippen molar-refractivity contribution in [3.63, 3.8) is 0 Å². The monoisotopic (exact) mass is 292 g/mol. The lowest BCUT2D eigenvalue weighted by Crippen LogP contribution is -2.07. The number of benzene rings is 2. The molecule has 20 heavy (non-hydrogen) atoms. The molecule has 0 heterocycles. The lowest BCUT2D eigenvalue weighted by molar-refractivity contribution is -0.138. The van der Waals surface area contributed by atoms with Crippen molar-refractivity contribution < 1.29 is 31.1 Å². The van der Waals surface area contributed by atoms with E-state index in [1.807, 2.05) is 0 Å². The van der Waals surface area contributed by atoms with E-state index < -0.39 is 34.9 Å². The van der Waals surface area contributed by atoms with E-state index in [9.17, 15) is 26.3 Å². The summed E-state index contributed by atoms with van der Waals surface area (Å²) in [6.07, 6.45) is -4.88. The van der Waals surface area contributed by atoms with Crippen LogP contribution in [0.15, 0.2) is 36.4 Å². The van der Waals surface area contributed by atoms with Gasteiger partial charge in [0.25, 0.3) is 0 Å². The first-order valence-electron chi connectivity index (χ1n) is 5.27. The van der Waals surface area contributed by atoms with Crippen molar-refractivity contribution in [3.8, 4) is 11.5 Å². The average Bonchev–Trinajstić information content (AvgIpc) is 2.32.